The van der Waals surface area contributed by atoms with Gasteiger partial charge in [-0.25, -0.2) is 0 Å². The van der Waals surface area contributed by atoms with E-state index in [0.29, 0.717) is 13.2 Å². The summed E-state index contributed by atoms with van der Waals surface area (Å²) in [6.07, 6.45) is 1.13. The molecular formula is C13H20N2O2. The summed E-state index contributed by atoms with van der Waals surface area (Å²) in [5.41, 5.74) is 3.90. The Balaban J connectivity index is 1.82. The summed E-state index contributed by atoms with van der Waals surface area (Å²) < 4.78 is 5.19. The number of nitrogens with zero attached hydrogens (tertiary/aromatic N) is 1. The van der Waals surface area contributed by atoms with E-state index in [2.05, 4.69) is 35.5 Å². The van der Waals surface area contributed by atoms with Crippen molar-refractivity contribution in [3.05, 3.63) is 23.8 Å². The molecule has 0 saturated heterocycles. The van der Waals surface area contributed by atoms with Gasteiger partial charge in [-0.2, -0.15) is 0 Å². The molecule has 1 aromatic rings. The molecule has 0 aliphatic carbocycles. The molecule has 2 N–H and O–H groups in total. The molecule has 1 aliphatic rings. The molecule has 0 radical (unpaired) electrons. The van der Waals surface area contributed by atoms with E-state index < -0.39 is 0 Å². The molecule has 0 unspecified atom stereocenters. The van der Waals surface area contributed by atoms with Gasteiger partial charge in [-0.1, -0.05) is 0 Å². The molecule has 0 bridgehead atoms. The third-order valence-corrected chi connectivity index (χ3v) is 3.02. The van der Waals surface area contributed by atoms with Crippen molar-refractivity contribution >= 4 is 11.4 Å². The molecule has 0 amide bonds. The highest BCUT2D eigenvalue weighted by Crippen LogP contribution is 2.28. The molecule has 0 atom stereocenters. The summed E-state index contributed by atoms with van der Waals surface area (Å²) in [6, 6.07) is 6.48. The van der Waals surface area contributed by atoms with Gasteiger partial charge in [-0.15, -0.1) is 0 Å². The van der Waals surface area contributed by atoms with Crippen LogP contribution in [0.5, 0.6) is 0 Å². The zero-order valence-electron chi connectivity index (χ0n) is 10.3. The maximum absolute atomic E-state index is 8.56. The molecule has 4 nitrogen and oxygen atoms in total. The smallest absolute Gasteiger partial charge is 0.0698 e. The number of hydrogen-bond acceptors (Lipinski definition) is 4. The van der Waals surface area contributed by atoms with E-state index in [9.17, 15) is 0 Å². The van der Waals surface area contributed by atoms with Crippen LogP contribution in [0.3, 0.4) is 0 Å². The van der Waals surface area contributed by atoms with Gasteiger partial charge in [-0.3, -0.25) is 0 Å². The molecule has 1 aromatic carbocycles. The fourth-order valence-electron chi connectivity index (χ4n) is 2.11. The van der Waals surface area contributed by atoms with Gasteiger partial charge in [0.2, 0.25) is 0 Å². The van der Waals surface area contributed by atoms with Crippen molar-refractivity contribution in [2.24, 2.45) is 0 Å². The Morgan fingerprint density at radius 2 is 2.29 bits per heavy atom. The largest absolute Gasteiger partial charge is 0.394 e. The van der Waals surface area contributed by atoms with Crippen LogP contribution in [0.4, 0.5) is 11.4 Å². The van der Waals surface area contributed by atoms with E-state index in [1.165, 1.54) is 11.3 Å². The average molecular weight is 236 g/mol. The molecule has 17 heavy (non-hydrogen) atoms. The van der Waals surface area contributed by atoms with Gasteiger partial charge in [0, 0.05) is 31.5 Å². The Morgan fingerprint density at radius 3 is 3.12 bits per heavy atom. The lowest BCUT2D eigenvalue weighted by Crippen LogP contribution is -2.12. The Bertz CT molecular complexity index is 368. The van der Waals surface area contributed by atoms with Crippen LogP contribution in [0.1, 0.15) is 5.56 Å². The van der Waals surface area contributed by atoms with Gasteiger partial charge < -0.3 is 20.1 Å². The summed E-state index contributed by atoms with van der Waals surface area (Å²) in [4.78, 5) is 2.28. The van der Waals surface area contributed by atoms with Crippen LogP contribution in [-0.2, 0) is 11.2 Å². The summed E-state index contributed by atoms with van der Waals surface area (Å²) in [6.45, 7) is 3.01. The first-order valence-corrected chi connectivity index (χ1v) is 6.08. The Labute approximate surface area is 102 Å². The van der Waals surface area contributed by atoms with E-state index in [4.69, 9.17) is 9.84 Å². The van der Waals surface area contributed by atoms with Crippen molar-refractivity contribution in [3.8, 4) is 0 Å². The van der Waals surface area contributed by atoms with E-state index >= 15 is 0 Å². The van der Waals surface area contributed by atoms with Crippen molar-refractivity contribution in [2.45, 2.75) is 6.42 Å². The topological polar surface area (TPSA) is 44.7 Å². The van der Waals surface area contributed by atoms with Gasteiger partial charge in [0.25, 0.3) is 0 Å². The number of aliphatic hydroxyl groups is 1. The second kappa shape index (κ2) is 5.89. The van der Waals surface area contributed by atoms with Crippen molar-refractivity contribution in [3.63, 3.8) is 0 Å². The molecule has 1 aliphatic heterocycles. The summed E-state index contributed by atoms with van der Waals surface area (Å²) >= 11 is 0. The van der Waals surface area contributed by atoms with Crippen LogP contribution in [-0.4, -0.2) is 45.1 Å². The van der Waals surface area contributed by atoms with E-state index in [0.717, 1.165) is 25.2 Å². The zero-order valence-corrected chi connectivity index (χ0v) is 10.3. The zero-order chi connectivity index (χ0) is 12.1. The molecule has 0 aromatic heterocycles. The highest BCUT2D eigenvalue weighted by Gasteiger charge is 2.15. The highest BCUT2D eigenvalue weighted by atomic mass is 16.5. The third-order valence-electron chi connectivity index (χ3n) is 3.02. The lowest BCUT2D eigenvalue weighted by Gasteiger charge is -2.13. The minimum absolute atomic E-state index is 0.0885. The monoisotopic (exact) mass is 236 g/mol. The molecule has 94 valence electrons. The van der Waals surface area contributed by atoms with Gasteiger partial charge in [-0.05, 0) is 30.2 Å². The lowest BCUT2D eigenvalue weighted by atomic mass is 10.1. The number of ether oxygens (including phenoxy) is 1. The summed E-state index contributed by atoms with van der Waals surface area (Å²) in [5.74, 6) is 0. The van der Waals surface area contributed by atoms with Crippen molar-refractivity contribution in [1.29, 1.82) is 0 Å². The second-order valence-electron chi connectivity index (χ2n) is 4.28. The number of nitrogens with one attached hydrogen (secondary N) is 1. The molecule has 0 saturated carbocycles. The summed E-state index contributed by atoms with van der Waals surface area (Å²) in [7, 11) is 2.13. The Kier molecular flexibility index (Phi) is 4.23. The van der Waals surface area contributed by atoms with Crippen molar-refractivity contribution < 1.29 is 9.84 Å². The van der Waals surface area contributed by atoms with Gasteiger partial charge in [0.15, 0.2) is 0 Å². The van der Waals surface area contributed by atoms with Crippen LogP contribution in [0.25, 0.3) is 0 Å². The highest BCUT2D eigenvalue weighted by molar-refractivity contribution is 5.63. The van der Waals surface area contributed by atoms with Gasteiger partial charge in [0.05, 0.1) is 19.8 Å². The number of likely N-dealkylation sites (N-methyl/N-ethyl adjacent to an activating group) is 1. The van der Waals surface area contributed by atoms with Gasteiger partial charge >= 0.3 is 0 Å². The first-order valence-electron chi connectivity index (χ1n) is 6.08. The molecule has 0 fully saturated rings. The lowest BCUT2D eigenvalue weighted by molar-refractivity contribution is 0.0992. The van der Waals surface area contributed by atoms with Crippen LogP contribution >= 0.6 is 0 Å². The van der Waals surface area contributed by atoms with Crippen molar-refractivity contribution in [1.82, 2.24) is 0 Å². The second-order valence-corrected chi connectivity index (χ2v) is 4.28. The minimum atomic E-state index is 0.0885. The normalized spacial score (nSPS) is 13.9. The quantitative estimate of drug-likeness (QED) is 0.726. The minimum Gasteiger partial charge on any atom is -0.394 e. The Hall–Kier alpha value is -1.26. The number of fused-ring (bicyclic) bond motifs is 1. The number of benzene rings is 1. The SMILES string of the molecule is CN1CCc2cc(NCCOCCO)ccc21. The van der Waals surface area contributed by atoms with E-state index in [1.54, 1.807) is 0 Å². The summed E-state index contributed by atoms with van der Waals surface area (Å²) in [5, 5.41) is 11.9. The predicted octanol–water partition coefficient (Wildman–Crippen LogP) is 1.10. The first kappa shape index (κ1) is 12.2. The van der Waals surface area contributed by atoms with Crippen LogP contribution < -0.4 is 10.2 Å². The van der Waals surface area contributed by atoms with E-state index in [1.807, 2.05) is 0 Å². The van der Waals surface area contributed by atoms with Gasteiger partial charge in [0.1, 0.15) is 0 Å². The molecule has 0 spiro atoms. The molecule has 2 rings (SSSR count). The van der Waals surface area contributed by atoms with Crippen molar-refractivity contribution in [2.75, 3.05) is 50.2 Å². The number of rotatable bonds is 6. The van der Waals surface area contributed by atoms with Crippen LogP contribution in [0.15, 0.2) is 18.2 Å². The number of hydrogen-bond donors (Lipinski definition) is 2. The maximum atomic E-state index is 8.56. The predicted molar refractivity (Wildman–Crippen MR) is 69.8 cm³/mol. The third kappa shape index (κ3) is 3.11. The molecule has 4 heteroatoms. The van der Waals surface area contributed by atoms with E-state index in [-0.39, 0.29) is 6.61 Å². The molecular weight excluding hydrogens is 216 g/mol. The fourth-order valence-corrected chi connectivity index (χ4v) is 2.11. The first-order chi connectivity index (χ1) is 8.31. The van der Waals surface area contributed by atoms with Crippen LogP contribution in [0.2, 0.25) is 0 Å². The number of anilines is 2. The number of aliphatic hydroxyl groups excluding tert-OH is 1. The van der Waals surface area contributed by atoms with Crippen LogP contribution in [0, 0.1) is 0 Å². The standard InChI is InChI=1S/C13H20N2O2/c1-15-6-4-11-10-12(2-3-13(11)15)14-5-8-17-9-7-16/h2-3,10,14,16H,4-9H2,1H3. The average Bonchev–Trinajstić information content (AvgIpc) is 2.71. The maximum Gasteiger partial charge on any atom is 0.0698 e. The Morgan fingerprint density at radius 1 is 1.41 bits per heavy atom. The fraction of sp³-hybridized carbons (Fsp3) is 0.538. The molecule has 1 heterocycles.